The van der Waals surface area contributed by atoms with Crippen LogP contribution in [0.3, 0.4) is 0 Å². The molecule has 0 aliphatic rings. The minimum atomic E-state index is -1.19. The topological polar surface area (TPSA) is 63.6 Å². The van der Waals surface area contributed by atoms with Crippen LogP contribution < -0.4 is 0 Å². The van der Waals surface area contributed by atoms with Gasteiger partial charge in [-0.15, -0.1) is 0 Å². The van der Waals surface area contributed by atoms with E-state index in [1.165, 1.54) is 0 Å². The molecule has 2 aromatic rings. The third kappa shape index (κ3) is 5.37. The number of aliphatic carboxylic acids is 1. The van der Waals surface area contributed by atoms with Gasteiger partial charge in [-0.2, -0.15) is 0 Å². The zero-order chi connectivity index (χ0) is 15.1. The predicted octanol–water partition coefficient (Wildman–Crippen LogP) is 2.04. The van der Waals surface area contributed by atoms with Gasteiger partial charge >= 0.3 is 35.8 Å². The molecule has 2 rings (SSSR count). The summed E-state index contributed by atoms with van der Waals surface area (Å²) in [7, 11) is 0. The van der Waals surface area contributed by atoms with Crippen LogP contribution in [0.2, 0.25) is 0 Å². The van der Waals surface area contributed by atoms with Crippen LogP contribution in [0.25, 0.3) is 0 Å². The zero-order valence-corrected chi connectivity index (χ0v) is 15.9. The van der Waals surface area contributed by atoms with Gasteiger partial charge in [0.1, 0.15) is 0 Å². The first-order valence-electron chi connectivity index (χ1n) is 6.38. The Morgan fingerprint density at radius 3 is 1.73 bits per heavy atom. The fourth-order valence-electron chi connectivity index (χ4n) is 1.88. The van der Waals surface area contributed by atoms with Crippen LogP contribution in [0.4, 0.5) is 0 Å². The summed E-state index contributed by atoms with van der Waals surface area (Å²) >= 11 is 0. The van der Waals surface area contributed by atoms with Crippen molar-refractivity contribution in [2.75, 3.05) is 0 Å². The quantitative estimate of drug-likeness (QED) is 0.472. The molecule has 0 heterocycles. The van der Waals surface area contributed by atoms with Gasteiger partial charge < -0.3 is 9.84 Å². The Balaban J connectivity index is 0.00000242. The molecule has 1 N–H and O–H groups in total. The molecule has 0 bridgehead atoms. The fraction of sp³-hybridized carbons (Fsp3) is 0.0588. The van der Waals surface area contributed by atoms with E-state index in [1.54, 1.807) is 0 Å². The van der Waals surface area contributed by atoms with Crippen molar-refractivity contribution in [2.45, 2.75) is 6.10 Å². The van der Waals surface area contributed by atoms with Gasteiger partial charge in [-0.25, -0.2) is 9.59 Å². The number of carboxylic acids is 1. The van der Waals surface area contributed by atoms with Crippen LogP contribution in [-0.4, -0.2) is 41.0 Å². The Bertz CT molecular complexity index is 599. The first-order valence-corrected chi connectivity index (χ1v) is 6.38. The van der Waals surface area contributed by atoms with E-state index in [0.29, 0.717) is 0 Å². The molecular formula is C17H16O4Sn. The van der Waals surface area contributed by atoms with Crippen LogP contribution in [0, 0.1) is 0 Å². The molecule has 4 nitrogen and oxygen atoms in total. The van der Waals surface area contributed by atoms with Gasteiger partial charge in [0, 0.05) is 12.2 Å². The molecule has 0 atom stereocenters. The van der Waals surface area contributed by atoms with Crippen LogP contribution in [0.1, 0.15) is 17.2 Å². The Morgan fingerprint density at radius 1 is 0.864 bits per heavy atom. The monoisotopic (exact) mass is 404 g/mol. The number of carboxylic acid groups (broad SMARTS) is 1. The Hall–Kier alpha value is -2.08. The van der Waals surface area contributed by atoms with Crippen molar-refractivity contribution in [1.82, 2.24) is 0 Å². The van der Waals surface area contributed by atoms with E-state index < -0.39 is 18.0 Å². The summed E-state index contributed by atoms with van der Waals surface area (Å²) in [5.41, 5.74) is 1.64. The average molecular weight is 403 g/mol. The van der Waals surface area contributed by atoms with Gasteiger partial charge in [-0.1, -0.05) is 60.7 Å². The van der Waals surface area contributed by atoms with Crippen molar-refractivity contribution in [3.63, 3.8) is 0 Å². The first-order chi connectivity index (χ1) is 10.2. The van der Waals surface area contributed by atoms with Gasteiger partial charge in [0.05, 0.1) is 0 Å². The molecule has 0 saturated heterocycles. The summed E-state index contributed by atoms with van der Waals surface area (Å²) in [5.74, 6) is -1.89. The molecule has 112 valence electrons. The summed E-state index contributed by atoms with van der Waals surface area (Å²) in [6.07, 6.45) is 1.09. The summed E-state index contributed by atoms with van der Waals surface area (Å²) in [6, 6.07) is 18.6. The molecule has 0 saturated carbocycles. The van der Waals surface area contributed by atoms with Crippen molar-refractivity contribution >= 4 is 35.8 Å². The van der Waals surface area contributed by atoms with E-state index in [0.717, 1.165) is 23.3 Å². The van der Waals surface area contributed by atoms with E-state index in [9.17, 15) is 9.59 Å². The molecule has 22 heavy (non-hydrogen) atoms. The second-order valence-electron chi connectivity index (χ2n) is 4.31. The standard InChI is InChI=1S/C17H14O4.Sn.2H/c18-15(19)11-12-16(20)21-17(13-7-3-1-4-8-13)14-9-5-2-6-10-14;;;/h1-12,17H,(H,18,19);;;/b12-11-;;;. The second kappa shape index (κ2) is 9.04. The first kappa shape index (κ1) is 18.0. The maximum atomic E-state index is 11.7. The van der Waals surface area contributed by atoms with Gasteiger partial charge in [-0.05, 0) is 11.1 Å². The van der Waals surface area contributed by atoms with Gasteiger partial charge in [0.25, 0.3) is 0 Å². The number of carbonyl (C=O) groups is 2. The molecule has 0 amide bonds. The van der Waals surface area contributed by atoms with E-state index in [1.807, 2.05) is 60.7 Å². The molecule has 5 heteroatoms. The molecular weight excluding hydrogens is 387 g/mol. The molecule has 2 aromatic carbocycles. The summed E-state index contributed by atoms with van der Waals surface area (Å²) in [4.78, 5) is 22.2. The Morgan fingerprint density at radius 2 is 1.32 bits per heavy atom. The number of benzene rings is 2. The van der Waals surface area contributed by atoms with Gasteiger partial charge in [-0.3, -0.25) is 0 Å². The van der Waals surface area contributed by atoms with E-state index in [2.05, 4.69) is 0 Å². The predicted molar refractivity (Wildman–Crippen MR) is 86.1 cm³/mol. The number of rotatable bonds is 5. The van der Waals surface area contributed by atoms with Crippen LogP contribution in [0.5, 0.6) is 0 Å². The van der Waals surface area contributed by atoms with Gasteiger partial charge in [0.2, 0.25) is 0 Å². The molecule has 0 aromatic heterocycles. The summed E-state index contributed by atoms with van der Waals surface area (Å²) in [6.45, 7) is 0. The van der Waals surface area contributed by atoms with Crippen molar-refractivity contribution in [1.29, 1.82) is 0 Å². The normalized spacial score (nSPS) is 10.2. The van der Waals surface area contributed by atoms with Crippen molar-refractivity contribution in [3.05, 3.63) is 83.9 Å². The fourth-order valence-corrected chi connectivity index (χ4v) is 1.88. The third-order valence-corrected chi connectivity index (χ3v) is 2.80. The molecule has 0 aliphatic carbocycles. The third-order valence-electron chi connectivity index (χ3n) is 2.80. The van der Waals surface area contributed by atoms with Crippen molar-refractivity contribution in [2.24, 2.45) is 0 Å². The minimum absolute atomic E-state index is 0. The van der Waals surface area contributed by atoms with Crippen LogP contribution >= 0.6 is 0 Å². The number of ether oxygens (including phenoxy) is 1. The molecule has 0 unspecified atom stereocenters. The van der Waals surface area contributed by atoms with E-state index in [4.69, 9.17) is 9.84 Å². The Labute approximate surface area is 145 Å². The maximum absolute atomic E-state index is 11.7. The summed E-state index contributed by atoms with van der Waals surface area (Å²) < 4.78 is 5.38. The van der Waals surface area contributed by atoms with E-state index >= 15 is 0 Å². The zero-order valence-electron chi connectivity index (χ0n) is 11.9. The van der Waals surface area contributed by atoms with Crippen molar-refractivity contribution in [3.8, 4) is 0 Å². The SMILES string of the molecule is O=C(O)/C=C\C(=O)OC(c1ccccc1)c1ccccc1.[SnH2]. The number of esters is 1. The van der Waals surface area contributed by atoms with Crippen LogP contribution in [0.15, 0.2) is 72.8 Å². The number of hydrogen-bond acceptors (Lipinski definition) is 3. The molecule has 0 fully saturated rings. The number of carbonyl (C=O) groups excluding carboxylic acids is 1. The van der Waals surface area contributed by atoms with Gasteiger partial charge in [0.15, 0.2) is 6.10 Å². The molecule has 2 radical (unpaired) electrons. The Kier molecular flexibility index (Phi) is 7.39. The number of hydrogen-bond donors (Lipinski definition) is 1. The van der Waals surface area contributed by atoms with Crippen LogP contribution in [-0.2, 0) is 14.3 Å². The van der Waals surface area contributed by atoms with Crippen molar-refractivity contribution < 1.29 is 19.4 Å². The average Bonchev–Trinajstić information content (AvgIpc) is 2.52. The van der Waals surface area contributed by atoms with E-state index in [-0.39, 0.29) is 23.9 Å². The second-order valence-corrected chi connectivity index (χ2v) is 4.31. The molecule has 0 aliphatic heterocycles. The summed E-state index contributed by atoms with van der Waals surface area (Å²) in [5, 5.41) is 8.54. The molecule has 0 spiro atoms.